The molecule has 7 heteroatoms. The van der Waals surface area contributed by atoms with Crippen LogP contribution in [0.1, 0.15) is 11.1 Å². The van der Waals surface area contributed by atoms with E-state index in [4.69, 9.17) is 22.1 Å². The molecule has 0 saturated heterocycles. The van der Waals surface area contributed by atoms with Gasteiger partial charge in [-0.25, -0.2) is 0 Å². The Morgan fingerprint density at radius 1 is 1.29 bits per heavy atom. The minimum atomic E-state index is -0.445. The van der Waals surface area contributed by atoms with Crippen LogP contribution in [0.2, 0.25) is 5.02 Å². The van der Waals surface area contributed by atoms with E-state index in [-0.39, 0.29) is 18.8 Å². The SMILES string of the molecule is NCc1cccc(Cl)c1OCc1ccc(Br)cc1[N+](=O)[O-]. The zero-order chi connectivity index (χ0) is 15.4. The van der Waals surface area contributed by atoms with Gasteiger partial charge in [-0.1, -0.05) is 39.7 Å². The minimum absolute atomic E-state index is 0.00859. The molecular weight excluding hydrogens is 360 g/mol. The van der Waals surface area contributed by atoms with Crippen LogP contribution in [0.15, 0.2) is 40.9 Å². The topological polar surface area (TPSA) is 78.4 Å². The second-order valence-corrected chi connectivity index (χ2v) is 5.57. The summed E-state index contributed by atoms with van der Waals surface area (Å²) in [5.41, 5.74) is 6.84. The van der Waals surface area contributed by atoms with Crippen LogP contribution in [0.5, 0.6) is 5.75 Å². The van der Waals surface area contributed by atoms with Gasteiger partial charge >= 0.3 is 0 Å². The molecule has 2 N–H and O–H groups in total. The predicted octanol–water partition coefficient (Wildman–Crippen LogP) is 4.05. The first-order valence-corrected chi connectivity index (χ1v) is 7.23. The highest BCUT2D eigenvalue weighted by Crippen LogP contribution is 2.31. The van der Waals surface area contributed by atoms with Gasteiger partial charge in [-0.15, -0.1) is 0 Å². The van der Waals surface area contributed by atoms with Crippen LogP contribution in [-0.4, -0.2) is 4.92 Å². The summed E-state index contributed by atoms with van der Waals surface area (Å²) in [5, 5.41) is 11.5. The second-order valence-electron chi connectivity index (χ2n) is 4.25. The number of rotatable bonds is 5. The largest absolute Gasteiger partial charge is 0.487 e. The lowest BCUT2D eigenvalue weighted by Crippen LogP contribution is -2.05. The van der Waals surface area contributed by atoms with Crippen molar-refractivity contribution in [3.8, 4) is 5.75 Å². The predicted molar refractivity (Wildman–Crippen MR) is 84.5 cm³/mol. The lowest BCUT2D eigenvalue weighted by molar-refractivity contribution is -0.385. The third kappa shape index (κ3) is 3.72. The standard InChI is InChI=1S/C14H12BrClN2O3/c15-11-5-4-10(13(6-11)18(19)20)8-21-14-9(7-17)2-1-3-12(14)16/h1-6H,7-8,17H2. The highest BCUT2D eigenvalue weighted by Gasteiger charge is 2.16. The van der Waals surface area contributed by atoms with Gasteiger partial charge in [0.2, 0.25) is 0 Å². The number of hydrogen-bond donors (Lipinski definition) is 1. The minimum Gasteiger partial charge on any atom is -0.487 e. The van der Waals surface area contributed by atoms with Crippen molar-refractivity contribution in [3.05, 3.63) is 67.1 Å². The molecule has 0 unspecified atom stereocenters. The number of nitro benzene ring substituents is 1. The van der Waals surface area contributed by atoms with Crippen molar-refractivity contribution in [2.24, 2.45) is 5.73 Å². The summed E-state index contributed by atoms with van der Waals surface area (Å²) in [6.45, 7) is 0.318. The van der Waals surface area contributed by atoms with E-state index in [1.165, 1.54) is 6.07 Å². The molecular formula is C14H12BrClN2O3. The number of nitrogens with two attached hydrogens (primary N) is 1. The van der Waals surface area contributed by atoms with Crippen LogP contribution in [0.25, 0.3) is 0 Å². The summed E-state index contributed by atoms with van der Waals surface area (Å²) in [5.74, 6) is 0.457. The summed E-state index contributed by atoms with van der Waals surface area (Å²) in [7, 11) is 0. The summed E-state index contributed by atoms with van der Waals surface area (Å²) in [4.78, 5) is 10.6. The Bertz CT molecular complexity index is 679. The van der Waals surface area contributed by atoms with Gasteiger partial charge in [-0.3, -0.25) is 10.1 Å². The molecule has 2 aromatic rings. The zero-order valence-corrected chi connectivity index (χ0v) is 13.2. The average molecular weight is 372 g/mol. The number of para-hydroxylation sites is 1. The number of halogens is 2. The van der Waals surface area contributed by atoms with Crippen LogP contribution < -0.4 is 10.5 Å². The van der Waals surface area contributed by atoms with Gasteiger partial charge in [0, 0.05) is 22.6 Å². The van der Waals surface area contributed by atoms with Gasteiger partial charge < -0.3 is 10.5 Å². The molecule has 0 radical (unpaired) electrons. The number of benzene rings is 2. The first-order chi connectivity index (χ1) is 10.0. The Labute approximate surface area is 134 Å². The molecule has 110 valence electrons. The maximum atomic E-state index is 11.1. The molecule has 0 spiro atoms. The Morgan fingerprint density at radius 3 is 2.71 bits per heavy atom. The summed E-state index contributed by atoms with van der Waals surface area (Å²) >= 11 is 9.29. The molecule has 0 aliphatic carbocycles. The van der Waals surface area contributed by atoms with Crippen molar-refractivity contribution in [1.29, 1.82) is 0 Å². The lowest BCUT2D eigenvalue weighted by Gasteiger charge is -2.12. The smallest absolute Gasteiger partial charge is 0.277 e. The number of hydrogen-bond acceptors (Lipinski definition) is 4. The van der Waals surface area contributed by atoms with Crippen molar-refractivity contribution < 1.29 is 9.66 Å². The summed E-state index contributed by atoms with van der Waals surface area (Å²) < 4.78 is 6.28. The highest BCUT2D eigenvalue weighted by atomic mass is 79.9. The van der Waals surface area contributed by atoms with E-state index in [0.717, 1.165) is 5.56 Å². The van der Waals surface area contributed by atoms with Gasteiger partial charge in [0.05, 0.1) is 15.5 Å². The Kier molecular flexibility index (Phi) is 5.17. The molecule has 2 rings (SSSR count). The molecule has 0 aromatic heterocycles. The van der Waals surface area contributed by atoms with Crippen molar-refractivity contribution in [2.45, 2.75) is 13.2 Å². The Hall–Kier alpha value is -1.63. The Balaban J connectivity index is 2.27. The van der Waals surface area contributed by atoms with Gasteiger partial charge in [0.15, 0.2) is 0 Å². The van der Waals surface area contributed by atoms with Crippen molar-refractivity contribution in [1.82, 2.24) is 0 Å². The molecule has 0 bridgehead atoms. The van der Waals surface area contributed by atoms with E-state index in [1.54, 1.807) is 30.3 Å². The van der Waals surface area contributed by atoms with E-state index in [1.807, 2.05) is 0 Å². The summed E-state index contributed by atoms with van der Waals surface area (Å²) in [6, 6.07) is 10.1. The van der Waals surface area contributed by atoms with Gasteiger partial charge in [0.25, 0.3) is 5.69 Å². The second kappa shape index (κ2) is 6.89. The van der Waals surface area contributed by atoms with Crippen molar-refractivity contribution in [2.75, 3.05) is 0 Å². The molecule has 0 aliphatic rings. The summed E-state index contributed by atoms with van der Waals surface area (Å²) in [6.07, 6.45) is 0. The molecule has 0 aliphatic heterocycles. The van der Waals surface area contributed by atoms with E-state index in [9.17, 15) is 10.1 Å². The fraction of sp³-hybridized carbons (Fsp3) is 0.143. The van der Waals surface area contributed by atoms with E-state index >= 15 is 0 Å². The number of ether oxygens (including phenoxy) is 1. The molecule has 2 aromatic carbocycles. The first kappa shape index (κ1) is 15.8. The molecule has 21 heavy (non-hydrogen) atoms. The molecule has 0 saturated carbocycles. The number of nitrogens with zero attached hydrogens (tertiary/aromatic N) is 1. The maximum absolute atomic E-state index is 11.1. The van der Waals surface area contributed by atoms with Gasteiger partial charge in [-0.2, -0.15) is 0 Å². The quantitative estimate of drug-likeness (QED) is 0.635. The zero-order valence-electron chi connectivity index (χ0n) is 10.9. The van der Waals surface area contributed by atoms with Crippen molar-refractivity contribution in [3.63, 3.8) is 0 Å². The first-order valence-electron chi connectivity index (χ1n) is 6.06. The van der Waals surface area contributed by atoms with Crippen LogP contribution in [0, 0.1) is 10.1 Å². The third-order valence-electron chi connectivity index (χ3n) is 2.88. The molecule has 0 heterocycles. The molecule has 0 amide bonds. The fourth-order valence-electron chi connectivity index (χ4n) is 1.85. The van der Waals surface area contributed by atoms with E-state index < -0.39 is 4.92 Å². The van der Waals surface area contributed by atoms with Crippen LogP contribution in [0.3, 0.4) is 0 Å². The van der Waals surface area contributed by atoms with Crippen LogP contribution in [0.4, 0.5) is 5.69 Å². The molecule has 0 atom stereocenters. The lowest BCUT2D eigenvalue weighted by atomic mass is 10.2. The average Bonchev–Trinajstić information content (AvgIpc) is 2.46. The van der Waals surface area contributed by atoms with Gasteiger partial charge in [0.1, 0.15) is 12.4 Å². The fourth-order valence-corrected chi connectivity index (χ4v) is 2.45. The Morgan fingerprint density at radius 2 is 2.05 bits per heavy atom. The monoisotopic (exact) mass is 370 g/mol. The van der Waals surface area contributed by atoms with E-state index in [0.29, 0.717) is 20.8 Å². The molecule has 5 nitrogen and oxygen atoms in total. The number of nitro groups is 1. The highest BCUT2D eigenvalue weighted by molar-refractivity contribution is 9.10. The van der Waals surface area contributed by atoms with Crippen LogP contribution >= 0.6 is 27.5 Å². The molecule has 0 fully saturated rings. The van der Waals surface area contributed by atoms with Gasteiger partial charge in [-0.05, 0) is 18.2 Å². The van der Waals surface area contributed by atoms with E-state index in [2.05, 4.69) is 15.9 Å². The normalized spacial score (nSPS) is 10.4. The van der Waals surface area contributed by atoms with Crippen molar-refractivity contribution >= 4 is 33.2 Å². The maximum Gasteiger partial charge on any atom is 0.277 e. The third-order valence-corrected chi connectivity index (χ3v) is 3.68. The van der Waals surface area contributed by atoms with Crippen LogP contribution in [-0.2, 0) is 13.2 Å².